The maximum atomic E-state index is 12.7. The van der Waals surface area contributed by atoms with Gasteiger partial charge in [0.25, 0.3) is 5.91 Å². The molecule has 0 heterocycles. The van der Waals surface area contributed by atoms with Crippen molar-refractivity contribution >= 4 is 11.6 Å². The summed E-state index contributed by atoms with van der Waals surface area (Å²) in [7, 11) is 3.16. The van der Waals surface area contributed by atoms with E-state index in [1.165, 1.54) is 0 Å². The molecule has 30 heavy (non-hydrogen) atoms. The Morgan fingerprint density at radius 3 is 2.33 bits per heavy atom. The van der Waals surface area contributed by atoms with E-state index >= 15 is 0 Å². The fourth-order valence-electron chi connectivity index (χ4n) is 2.87. The summed E-state index contributed by atoms with van der Waals surface area (Å²) in [4.78, 5) is 12.7. The first kappa shape index (κ1) is 20.9. The van der Waals surface area contributed by atoms with Crippen LogP contribution in [-0.4, -0.2) is 25.8 Å². The molecular weight excluding hydrogens is 380 g/mol. The van der Waals surface area contributed by atoms with E-state index in [4.69, 9.17) is 14.2 Å². The molecule has 0 aliphatic carbocycles. The lowest BCUT2D eigenvalue weighted by atomic mass is 10.1. The van der Waals surface area contributed by atoms with Crippen LogP contribution < -0.4 is 19.6 Å². The second kappa shape index (κ2) is 10.1. The molecule has 0 saturated carbocycles. The van der Waals surface area contributed by atoms with Gasteiger partial charge in [-0.05, 0) is 36.8 Å². The largest absolute Gasteiger partial charge is 0.497 e. The second-order valence-electron chi connectivity index (χ2n) is 6.47. The molecule has 0 spiro atoms. The zero-order valence-corrected chi connectivity index (χ0v) is 17.2. The van der Waals surface area contributed by atoms with Crippen molar-refractivity contribution in [1.82, 2.24) is 5.43 Å². The van der Waals surface area contributed by atoms with Crippen LogP contribution in [0.3, 0.4) is 0 Å². The molecular formula is C24H24N2O4. The lowest BCUT2D eigenvalue weighted by molar-refractivity contribution is 0.0950. The average Bonchev–Trinajstić information content (AvgIpc) is 2.81. The van der Waals surface area contributed by atoms with Crippen LogP contribution in [0.15, 0.2) is 77.9 Å². The molecule has 6 heteroatoms. The van der Waals surface area contributed by atoms with Crippen molar-refractivity contribution < 1.29 is 19.0 Å². The maximum absolute atomic E-state index is 12.7. The normalized spacial score (nSPS) is 11.0. The summed E-state index contributed by atoms with van der Waals surface area (Å²) in [5.74, 6) is 1.42. The Balaban J connectivity index is 1.73. The molecule has 0 aliphatic heterocycles. The van der Waals surface area contributed by atoms with E-state index in [2.05, 4.69) is 10.5 Å². The summed E-state index contributed by atoms with van der Waals surface area (Å²) in [5, 5.41) is 4.23. The number of rotatable bonds is 8. The van der Waals surface area contributed by atoms with Gasteiger partial charge >= 0.3 is 0 Å². The van der Waals surface area contributed by atoms with Crippen LogP contribution in [0.5, 0.6) is 17.2 Å². The molecule has 1 amide bonds. The van der Waals surface area contributed by atoms with Crippen molar-refractivity contribution in [2.45, 2.75) is 13.5 Å². The van der Waals surface area contributed by atoms with Gasteiger partial charge < -0.3 is 14.2 Å². The van der Waals surface area contributed by atoms with Gasteiger partial charge in [0.05, 0.1) is 25.5 Å². The van der Waals surface area contributed by atoms with Gasteiger partial charge in [0.1, 0.15) is 23.9 Å². The van der Waals surface area contributed by atoms with Crippen molar-refractivity contribution in [3.05, 3.63) is 89.5 Å². The number of carbonyl (C=O) groups is 1. The molecule has 0 fully saturated rings. The monoisotopic (exact) mass is 404 g/mol. The van der Waals surface area contributed by atoms with Gasteiger partial charge in [0, 0.05) is 11.6 Å². The summed E-state index contributed by atoms with van der Waals surface area (Å²) < 4.78 is 16.5. The molecule has 0 unspecified atom stereocenters. The number of benzene rings is 3. The van der Waals surface area contributed by atoms with Crippen LogP contribution in [0.25, 0.3) is 0 Å². The molecule has 0 radical (unpaired) electrons. The molecule has 0 aliphatic rings. The van der Waals surface area contributed by atoms with E-state index in [1.807, 2.05) is 48.5 Å². The first-order chi connectivity index (χ1) is 14.6. The minimum Gasteiger partial charge on any atom is -0.497 e. The van der Waals surface area contributed by atoms with Crippen molar-refractivity contribution in [3.8, 4) is 17.2 Å². The lowest BCUT2D eigenvalue weighted by Gasteiger charge is -2.12. The molecule has 6 nitrogen and oxygen atoms in total. The fraction of sp³-hybridized carbons (Fsp3) is 0.167. The van der Waals surface area contributed by atoms with Gasteiger partial charge in [-0.2, -0.15) is 5.10 Å². The van der Waals surface area contributed by atoms with Gasteiger partial charge in [0.15, 0.2) is 0 Å². The minimum absolute atomic E-state index is 0.356. The third kappa shape index (κ3) is 5.17. The fourth-order valence-corrected chi connectivity index (χ4v) is 2.87. The Hall–Kier alpha value is -3.80. The van der Waals surface area contributed by atoms with E-state index in [9.17, 15) is 4.79 Å². The van der Waals surface area contributed by atoms with Gasteiger partial charge in [0.2, 0.25) is 0 Å². The van der Waals surface area contributed by atoms with Crippen molar-refractivity contribution in [1.29, 1.82) is 0 Å². The maximum Gasteiger partial charge on any atom is 0.275 e. The van der Waals surface area contributed by atoms with Crippen molar-refractivity contribution in [3.63, 3.8) is 0 Å². The third-order valence-corrected chi connectivity index (χ3v) is 4.49. The molecule has 3 rings (SSSR count). The van der Waals surface area contributed by atoms with Gasteiger partial charge in [-0.1, -0.05) is 42.5 Å². The Kier molecular flexibility index (Phi) is 7.05. The standard InChI is InChI=1S/C24H24N2O4/c1-17(20-14-13-19(28-2)15-23(20)29-3)25-26-24(27)21-11-7-8-12-22(21)30-16-18-9-5-4-6-10-18/h4-15H,16H2,1-3H3,(H,26,27)/b25-17-. The molecule has 0 aromatic heterocycles. The Morgan fingerprint density at radius 2 is 1.60 bits per heavy atom. The average molecular weight is 404 g/mol. The number of ether oxygens (including phenoxy) is 3. The molecule has 0 bridgehead atoms. The van der Waals surface area contributed by atoms with Gasteiger partial charge in [-0.3, -0.25) is 4.79 Å². The number of hydrogen-bond donors (Lipinski definition) is 1. The number of hydrogen-bond acceptors (Lipinski definition) is 5. The number of methoxy groups -OCH3 is 2. The topological polar surface area (TPSA) is 69.2 Å². The Bertz CT molecular complexity index is 1030. The minimum atomic E-state index is -0.356. The van der Waals surface area contributed by atoms with Crippen LogP contribution in [0, 0.1) is 0 Å². The highest BCUT2D eigenvalue weighted by atomic mass is 16.5. The number of carbonyl (C=O) groups excluding carboxylic acids is 1. The Labute approximate surface area is 176 Å². The van der Waals surface area contributed by atoms with E-state index in [1.54, 1.807) is 45.4 Å². The van der Waals surface area contributed by atoms with Crippen LogP contribution in [-0.2, 0) is 6.61 Å². The second-order valence-corrected chi connectivity index (χ2v) is 6.47. The molecule has 0 atom stereocenters. The SMILES string of the molecule is COc1ccc(/C(C)=N\NC(=O)c2ccccc2OCc2ccccc2)c(OC)c1. The smallest absolute Gasteiger partial charge is 0.275 e. The van der Waals surface area contributed by atoms with Crippen LogP contribution in [0.4, 0.5) is 0 Å². The van der Waals surface area contributed by atoms with E-state index in [0.29, 0.717) is 35.1 Å². The molecule has 3 aromatic rings. The summed E-state index contributed by atoms with van der Waals surface area (Å²) >= 11 is 0. The van der Waals surface area contributed by atoms with Crippen LogP contribution >= 0.6 is 0 Å². The Morgan fingerprint density at radius 1 is 0.867 bits per heavy atom. The quantitative estimate of drug-likeness (QED) is 0.445. The summed E-state index contributed by atoms with van der Waals surface area (Å²) in [6, 6.07) is 22.3. The summed E-state index contributed by atoms with van der Waals surface area (Å²) in [6.07, 6.45) is 0. The highest BCUT2D eigenvalue weighted by Gasteiger charge is 2.13. The van der Waals surface area contributed by atoms with Crippen LogP contribution in [0.1, 0.15) is 28.4 Å². The predicted molar refractivity (Wildman–Crippen MR) is 116 cm³/mol. The number of para-hydroxylation sites is 1. The zero-order valence-electron chi connectivity index (χ0n) is 17.2. The predicted octanol–water partition coefficient (Wildman–Crippen LogP) is 4.44. The number of nitrogens with one attached hydrogen (secondary N) is 1. The van der Waals surface area contributed by atoms with Gasteiger partial charge in [-0.15, -0.1) is 0 Å². The highest BCUT2D eigenvalue weighted by Crippen LogP contribution is 2.25. The van der Waals surface area contributed by atoms with Crippen LogP contribution in [0.2, 0.25) is 0 Å². The highest BCUT2D eigenvalue weighted by molar-refractivity contribution is 6.03. The number of nitrogens with zero attached hydrogens (tertiary/aromatic N) is 1. The number of amides is 1. The molecule has 154 valence electrons. The zero-order chi connectivity index (χ0) is 21.3. The summed E-state index contributed by atoms with van der Waals surface area (Å²) in [6.45, 7) is 2.17. The van der Waals surface area contributed by atoms with Gasteiger partial charge in [-0.25, -0.2) is 5.43 Å². The first-order valence-electron chi connectivity index (χ1n) is 9.45. The van der Waals surface area contributed by atoms with Crippen molar-refractivity contribution in [2.24, 2.45) is 5.10 Å². The summed E-state index contributed by atoms with van der Waals surface area (Å²) in [5.41, 5.74) is 5.39. The molecule has 1 N–H and O–H groups in total. The van der Waals surface area contributed by atoms with E-state index < -0.39 is 0 Å². The first-order valence-corrected chi connectivity index (χ1v) is 9.45. The van der Waals surface area contributed by atoms with Crippen molar-refractivity contribution in [2.75, 3.05) is 14.2 Å². The molecule has 0 saturated heterocycles. The molecule has 3 aromatic carbocycles. The van der Waals surface area contributed by atoms with E-state index in [0.717, 1.165) is 11.1 Å². The third-order valence-electron chi connectivity index (χ3n) is 4.49. The lowest BCUT2D eigenvalue weighted by Crippen LogP contribution is -2.20. The van der Waals surface area contributed by atoms with E-state index in [-0.39, 0.29) is 5.91 Å². The number of hydrazone groups is 1.